The molecule has 0 aromatic heterocycles. The first-order chi connectivity index (χ1) is 14.5. The Morgan fingerprint density at radius 2 is 1.57 bits per heavy atom. The second-order valence-corrected chi connectivity index (χ2v) is 8.63. The van der Waals surface area contributed by atoms with Crippen LogP contribution >= 0.6 is 0 Å². The number of nitrogens with one attached hydrogen (secondary N) is 1. The number of likely N-dealkylation sites (tertiary alicyclic amines) is 1. The van der Waals surface area contributed by atoms with Gasteiger partial charge in [0.2, 0.25) is 17.7 Å². The minimum Gasteiger partial charge on any atom is -0.324 e. The molecule has 3 amide bonds. The summed E-state index contributed by atoms with van der Waals surface area (Å²) in [4.78, 5) is 41.0. The van der Waals surface area contributed by atoms with Gasteiger partial charge in [-0.05, 0) is 60.9 Å². The average molecular weight is 406 g/mol. The van der Waals surface area contributed by atoms with E-state index < -0.39 is 17.8 Å². The molecule has 6 heteroatoms. The molecule has 3 fully saturated rings. The number of benzene rings is 2. The Morgan fingerprint density at radius 3 is 2.17 bits per heavy atom. The Balaban J connectivity index is 1.45. The van der Waals surface area contributed by atoms with Crippen molar-refractivity contribution in [3.8, 4) is 0 Å². The van der Waals surface area contributed by atoms with Crippen LogP contribution in [0.4, 0.5) is 10.1 Å². The lowest BCUT2D eigenvalue weighted by molar-refractivity contribution is -0.147. The van der Waals surface area contributed by atoms with Crippen LogP contribution in [0.25, 0.3) is 0 Å². The third-order valence-corrected chi connectivity index (χ3v) is 6.96. The lowest BCUT2D eigenvalue weighted by atomic mass is 9.81. The summed E-state index contributed by atoms with van der Waals surface area (Å²) in [6.07, 6.45) is 3.18. The molecule has 2 aromatic rings. The fraction of sp³-hybridized carbons (Fsp3) is 0.375. The summed E-state index contributed by atoms with van der Waals surface area (Å²) < 4.78 is 13.2. The largest absolute Gasteiger partial charge is 0.324 e. The van der Waals surface area contributed by atoms with Gasteiger partial charge in [0.1, 0.15) is 11.9 Å². The third kappa shape index (κ3) is 3.11. The molecule has 2 bridgehead atoms. The molecule has 0 radical (unpaired) electrons. The zero-order chi connectivity index (χ0) is 20.8. The number of amides is 3. The monoisotopic (exact) mass is 406 g/mol. The van der Waals surface area contributed by atoms with E-state index in [1.807, 2.05) is 30.3 Å². The molecule has 30 heavy (non-hydrogen) atoms. The van der Waals surface area contributed by atoms with Crippen LogP contribution in [0.5, 0.6) is 0 Å². The van der Waals surface area contributed by atoms with Crippen LogP contribution < -0.4 is 5.32 Å². The summed E-state index contributed by atoms with van der Waals surface area (Å²) in [6, 6.07) is 13.9. The molecule has 2 aliphatic carbocycles. The molecule has 154 valence electrons. The number of carbonyl (C=O) groups is 3. The van der Waals surface area contributed by atoms with Crippen molar-refractivity contribution in [3.05, 3.63) is 66.0 Å². The van der Waals surface area contributed by atoms with Gasteiger partial charge in [-0.25, -0.2) is 4.39 Å². The fourth-order valence-electron chi connectivity index (χ4n) is 5.64. The van der Waals surface area contributed by atoms with E-state index in [2.05, 4.69) is 5.32 Å². The van der Waals surface area contributed by atoms with Gasteiger partial charge in [-0.15, -0.1) is 0 Å². The topological polar surface area (TPSA) is 66.5 Å². The van der Waals surface area contributed by atoms with Gasteiger partial charge < -0.3 is 5.32 Å². The molecule has 2 saturated carbocycles. The van der Waals surface area contributed by atoms with Crippen LogP contribution in [0.3, 0.4) is 0 Å². The predicted octanol–water partition coefficient (Wildman–Crippen LogP) is 3.41. The number of fused-ring (bicyclic) bond motifs is 5. The first-order valence-electron chi connectivity index (χ1n) is 10.5. The SMILES string of the molecule is O=C(Nc1ccc(F)cc1)[C@H](Cc1ccccc1)N1C(=O)[C@@H]2[C@@H]3CC[C@H](C3)[C@@H]2C1=O. The van der Waals surface area contributed by atoms with Crippen molar-refractivity contribution < 1.29 is 18.8 Å². The van der Waals surface area contributed by atoms with E-state index in [1.54, 1.807) is 0 Å². The van der Waals surface area contributed by atoms with E-state index >= 15 is 0 Å². The van der Waals surface area contributed by atoms with Gasteiger partial charge in [-0.3, -0.25) is 19.3 Å². The summed E-state index contributed by atoms with van der Waals surface area (Å²) >= 11 is 0. The minimum atomic E-state index is -0.928. The third-order valence-electron chi connectivity index (χ3n) is 6.96. The summed E-state index contributed by atoms with van der Waals surface area (Å²) in [7, 11) is 0. The standard InChI is InChI=1S/C24H23FN2O3/c25-17-8-10-18(11-9-17)26-22(28)19(12-14-4-2-1-3-5-14)27-23(29)20-15-6-7-16(13-15)21(20)24(27)30/h1-5,8-11,15-16,19-21H,6-7,12-13H2,(H,26,28)/t15-,16-,19+,20-,21+/m1/s1. The van der Waals surface area contributed by atoms with Crippen molar-refractivity contribution in [1.82, 2.24) is 4.90 Å². The van der Waals surface area contributed by atoms with E-state index in [-0.39, 0.29) is 41.9 Å². The summed E-state index contributed by atoms with van der Waals surface area (Å²) in [5, 5.41) is 2.76. The predicted molar refractivity (Wildman–Crippen MR) is 109 cm³/mol. The fourth-order valence-corrected chi connectivity index (χ4v) is 5.64. The van der Waals surface area contributed by atoms with Crippen LogP contribution in [0.1, 0.15) is 24.8 Å². The van der Waals surface area contributed by atoms with Crippen LogP contribution in [0.15, 0.2) is 54.6 Å². The second-order valence-electron chi connectivity index (χ2n) is 8.63. The molecule has 2 aromatic carbocycles. The molecule has 5 rings (SSSR count). The maximum atomic E-state index is 13.3. The average Bonchev–Trinajstić information content (AvgIpc) is 3.43. The van der Waals surface area contributed by atoms with Crippen LogP contribution in [0, 0.1) is 29.5 Å². The van der Waals surface area contributed by atoms with E-state index in [1.165, 1.54) is 29.2 Å². The van der Waals surface area contributed by atoms with Gasteiger partial charge in [0.15, 0.2) is 0 Å². The smallest absolute Gasteiger partial charge is 0.248 e. The Labute approximate surface area is 174 Å². The normalized spacial score (nSPS) is 28.0. The van der Waals surface area contributed by atoms with Crippen molar-refractivity contribution in [2.24, 2.45) is 23.7 Å². The quantitative estimate of drug-likeness (QED) is 0.774. The number of rotatable bonds is 5. The Bertz CT molecular complexity index is 963. The molecule has 5 atom stereocenters. The lowest BCUT2D eigenvalue weighted by Crippen LogP contribution is -2.49. The van der Waals surface area contributed by atoms with Crippen molar-refractivity contribution >= 4 is 23.4 Å². The van der Waals surface area contributed by atoms with Crippen molar-refractivity contribution in [2.45, 2.75) is 31.7 Å². The zero-order valence-corrected chi connectivity index (χ0v) is 16.5. The zero-order valence-electron chi connectivity index (χ0n) is 16.5. The van der Waals surface area contributed by atoms with Gasteiger partial charge in [0, 0.05) is 12.1 Å². The molecule has 1 N–H and O–H groups in total. The molecule has 1 aliphatic heterocycles. The summed E-state index contributed by atoms with van der Waals surface area (Å²) in [5.74, 6) is -1.25. The molecule has 0 unspecified atom stereocenters. The van der Waals surface area contributed by atoms with E-state index in [0.717, 1.165) is 24.8 Å². The van der Waals surface area contributed by atoms with Crippen LogP contribution in [0.2, 0.25) is 0 Å². The van der Waals surface area contributed by atoms with E-state index in [0.29, 0.717) is 5.69 Å². The minimum absolute atomic E-state index is 0.201. The molecular weight excluding hydrogens is 383 g/mol. The Hall–Kier alpha value is -3.02. The van der Waals surface area contributed by atoms with E-state index in [4.69, 9.17) is 0 Å². The van der Waals surface area contributed by atoms with Gasteiger partial charge in [0.05, 0.1) is 11.8 Å². The molecule has 3 aliphatic rings. The summed E-state index contributed by atoms with van der Waals surface area (Å²) in [6.45, 7) is 0. The number of carbonyl (C=O) groups excluding carboxylic acids is 3. The number of hydrogen-bond acceptors (Lipinski definition) is 3. The highest BCUT2D eigenvalue weighted by atomic mass is 19.1. The number of nitrogens with zero attached hydrogens (tertiary/aromatic N) is 1. The van der Waals surface area contributed by atoms with Crippen molar-refractivity contribution in [2.75, 3.05) is 5.32 Å². The molecule has 5 nitrogen and oxygen atoms in total. The van der Waals surface area contributed by atoms with Gasteiger partial charge in [-0.1, -0.05) is 30.3 Å². The van der Waals surface area contributed by atoms with Gasteiger partial charge in [0.25, 0.3) is 0 Å². The van der Waals surface area contributed by atoms with Gasteiger partial charge in [-0.2, -0.15) is 0 Å². The van der Waals surface area contributed by atoms with Crippen molar-refractivity contribution in [3.63, 3.8) is 0 Å². The molecule has 1 heterocycles. The van der Waals surface area contributed by atoms with Gasteiger partial charge >= 0.3 is 0 Å². The molecule has 1 saturated heterocycles. The maximum absolute atomic E-state index is 13.3. The Kier molecular flexibility index (Phi) is 4.65. The second kappa shape index (κ2) is 7.35. The number of anilines is 1. The molecule has 0 spiro atoms. The first-order valence-corrected chi connectivity index (χ1v) is 10.5. The highest BCUT2D eigenvalue weighted by molar-refractivity contribution is 6.10. The van der Waals surface area contributed by atoms with E-state index in [9.17, 15) is 18.8 Å². The van der Waals surface area contributed by atoms with Crippen LogP contribution in [-0.4, -0.2) is 28.7 Å². The number of imide groups is 1. The highest BCUT2D eigenvalue weighted by Gasteiger charge is 2.62. The Morgan fingerprint density at radius 1 is 0.967 bits per heavy atom. The lowest BCUT2D eigenvalue weighted by Gasteiger charge is -2.27. The number of hydrogen-bond donors (Lipinski definition) is 1. The summed E-state index contributed by atoms with van der Waals surface area (Å²) in [5.41, 5.74) is 1.30. The highest BCUT2D eigenvalue weighted by Crippen LogP contribution is 2.56. The molecular formula is C24H23FN2O3. The first kappa shape index (κ1) is 19.0. The maximum Gasteiger partial charge on any atom is 0.248 e. The number of halogens is 1. The van der Waals surface area contributed by atoms with Crippen molar-refractivity contribution in [1.29, 1.82) is 0 Å². The van der Waals surface area contributed by atoms with Crippen LogP contribution in [-0.2, 0) is 20.8 Å².